The number of carbonyl (C=O) groups excluding carboxylic acids is 3. The molecule has 1 aromatic carbocycles. The molecule has 2 aromatic rings. The van der Waals surface area contributed by atoms with E-state index in [1.807, 2.05) is 0 Å². The molecule has 0 saturated carbocycles. The van der Waals surface area contributed by atoms with Crippen LogP contribution in [0.1, 0.15) is 46.0 Å². The molecule has 1 heterocycles. The van der Waals surface area contributed by atoms with Gasteiger partial charge in [0, 0.05) is 11.3 Å². The lowest BCUT2D eigenvalue weighted by molar-refractivity contribution is -0.148. The lowest BCUT2D eigenvalue weighted by Crippen LogP contribution is -2.28. The third kappa shape index (κ3) is 4.36. The maximum absolute atomic E-state index is 12.8. The van der Waals surface area contributed by atoms with Gasteiger partial charge < -0.3 is 14.5 Å². The highest BCUT2D eigenvalue weighted by Crippen LogP contribution is 2.20. The molecular weight excluding hydrogens is 341 g/mol. The van der Waals surface area contributed by atoms with E-state index >= 15 is 0 Å². The van der Waals surface area contributed by atoms with Crippen molar-refractivity contribution in [2.24, 2.45) is 0 Å². The molecule has 0 saturated heterocycles. The number of carbonyl (C=O) groups is 3. The number of aromatic amines is 1. The van der Waals surface area contributed by atoms with Crippen LogP contribution in [0, 0.1) is 19.7 Å². The highest BCUT2D eigenvalue weighted by Gasteiger charge is 2.26. The van der Waals surface area contributed by atoms with E-state index in [0.29, 0.717) is 22.6 Å². The van der Waals surface area contributed by atoms with Gasteiger partial charge in [-0.1, -0.05) is 0 Å². The number of hydrogen-bond acceptors (Lipinski definition) is 5. The van der Waals surface area contributed by atoms with E-state index in [1.165, 1.54) is 38.1 Å². The summed E-state index contributed by atoms with van der Waals surface area (Å²) in [5.41, 5.74) is 1.83. The van der Waals surface area contributed by atoms with Crippen LogP contribution in [0.2, 0.25) is 0 Å². The second-order valence-electron chi connectivity index (χ2n) is 5.92. The molecule has 0 bridgehead atoms. The van der Waals surface area contributed by atoms with Crippen molar-refractivity contribution in [2.75, 3.05) is 6.61 Å². The fourth-order valence-corrected chi connectivity index (χ4v) is 2.69. The van der Waals surface area contributed by atoms with Gasteiger partial charge in [-0.15, -0.1) is 0 Å². The Morgan fingerprint density at radius 3 is 2.31 bits per heavy atom. The number of ether oxygens (including phenoxy) is 2. The van der Waals surface area contributed by atoms with Gasteiger partial charge >= 0.3 is 5.97 Å². The first-order valence-corrected chi connectivity index (χ1v) is 8.02. The molecule has 138 valence electrons. The molecule has 26 heavy (non-hydrogen) atoms. The average Bonchev–Trinajstić information content (AvgIpc) is 2.88. The summed E-state index contributed by atoms with van der Waals surface area (Å²) in [5.74, 6) is -1.42. The van der Waals surface area contributed by atoms with Gasteiger partial charge in [-0.2, -0.15) is 0 Å². The third-order valence-corrected chi connectivity index (χ3v) is 3.88. The Hall–Kier alpha value is -2.96. The van der Waals surface area contributed by atoms with E-state index in [0.717, 1.165) is 0 Å². The van der Waals surface area contributed by atoms with Gasteiger partial charge in [0.05, 0.1) is 5.69 Å². The third-order valence-electron chi connectivity index (χ3n) is 3.88. The fourth-order valence-electron chi connectivity index (χ4n) is 2.69. The van der Waals surface area contributed by atoms with E-state index in [2.05, 4.69) is 4.98 Å². The first-order chi connectivity index (χ1) is 12.2. The molecule has 0 unspecified atom stereocenters. The van der Waals surface area contributed by atoms with Crippen LogP contribution in [0.3, 0.4) is 0 Å². The monoisotopic (exact) mass is 361 g/mol. The SMILES string of the molecule is CC(=O)c1c(C)[nH]c(C(=O)[C@@H](C)OC(=O)COc2ccc(F)cc2)c1C. The van der Waals surface area contributed by atoms with Gasteiger partial charge in [0.25, 0.3) is 0 Å². The Labute approximate surface area is 150 Å². The van der Waals surface area contributed by atoms with Crippen LogP contribution in [-0.4, -0.2) is 35.2 Å². The van der Waals surface area contributed by atoms with Crippen molar-refractivity contribution in [3.05, 3.63) is 52.6 Å². The average molecular weight is 361 g/mol. The zero-order valence-electron chi connectivity index (χ0n) is 15.0. The quantitative estimate of drug-likeness (QED) is 0.605. The molecule has 0 fully saturated rings. The summed E-state index contributed by atoms with van der Waals surface area (Å²) in [6, 6.07) is 5.17. The highest BCUT2D eigenvalue weighted by molar-refractivity contribution is 6.05. The summed E-state index contributed by atoms with van der Waals surface area (Å²) >= 11 is 0. The molecule has 0 aliphatic carbocycles. The van der Waals surface area contributed by atoms with Crippen molar-refractivity contribution in [1.82, 2.24) is 4.98 Å². The van der Waals surface area contributed by atoms with E-state index in [9.17, 15) is 18.8 Å². The minimum Gasteiger partial charge on any atom is -0.482 e. The Balaban J connectivity index is 1.98. The summed E-state index contributed by atoms with van der Waals surface area (Å²) in [6.45, 7) is 5.83. The highest BCUT2D eigenvalue weighted by atomic mass is 19.1. The van der Waals surface area contributed by atoms with Crippen LogP contribution < -0.4 is 4.74 Å². The van der Waals surface area contributed by atoms with Crippen molar-refractivity contribution in [2.45, 2.75) is 33.8 Å². The number of hydrogen-bond donors (Lipinski definition) is 1. The first-order valence-electron chi connectivity index (χ1n) is 8.02. The van der Waals surface area contributed by atoms with Crippen LogP contribution in [-0.2, 0) is 9.53 Å². The number of benzene rings is 1. The van der Waals surface area contributed by atoms with Gasteiger partial charge in [-0.3, -0.25) is 9.59 Å². The van der Waals surface area contributed by atoms with Crippen molar-refractivity contribution in [3.63, 3.8) is 0 Å². The number of nitrogens with one attached hydrogen (secondary N) is 1. The normalized spacial score (nSPS) is 11.7. The summed E-state index contributed by atoms with van der Waals surface area (Å²) in [6.07, 6.45) is -1.05. The van der Waals surface area contributed by atoms with Crippen LogP contribution in [0.4, 0.5) is 4.39 Å². The number of H-pyrrole nitrogens is 1. The van der Waals surface area contributed by atoms with E-state index < -0.39 is 30.3 Å². The number of halogens is 1. The largest absolute Gasteiger partial charge is 0.482 e. The lowest BCUT2D eigenvalue weighted by Gasteiger charge is -2.13. The van der Waals surface area contributed by atoms with E-state index in [-0.39, 0.29) is 11.5 Å². The maximum atomic E-state index is 12.8. The lowest BCUT2D eigenvalue weighted by atomic mass is 10.0. The van der Waals surface area contributed by atoms with Crippen molar-refractivity contribution in [3.8, 4) is 5.75 Å². The smallest absolute Gasteiger partial charge is 0.344 e. The molecule has 0 aliphatic heterocycles. The zero-order valence-corrected chi connectivity index (χ0v) is 15.0. The summed E-state index contributed by atoms with van der Waals surface area (Å²) in [4.78, 5) is 38.9. The molecule has 6 nitrogen and oxygen atoms in total. The maximum Gasteiger partial charge on any atom is 0.344 e. The molecule has 1 N–H and O–H groups in total. The Morgan fingerprint density at radius 1 is 1.15 bits per heavy atom. The first kappa shape index (κ1) is 19.4. The van der Waals surface area contributed by atoms with Gasteiger partial charge in [0.15, 0.2) is 18.5 Å². The van der Waals surface area contributed by atoms with Gasteiger partial charge in [0.2, 0.25) is 5.78 Å². The molecular formula is C19H20FNO5. The second-order valence-corrected chi connectivity index (χ2v) is 5.92. The van der Waals surface area contributed by atoms with E-state index in [1.54, 1.807) is 13.8 Å². The van der Waals surface area contributed by atoms with Crippen LogP contribution in [0.15, 0.2) is 24.3 Å². The fraction of sp³-hybridized carbons (Fsp3) is 0.316. The van der Waals surface area contributed by atoms with Crippen LogP contribution >= 0.6 is 0 Å². The Bertz CT molecular complexity index is 838. The molecule has 1 aromatic heterocycles. The molecule has 2 rings (SSSR count). The number of Topliss-reactive ketones (excluding diaryl/α,β-unsaturated/α-hetero) is 2. The summed E-state index contributed by atoms with van der Waals surface area (Å²) in [7, 11) is 0. The Morgan fingerprint density at radius 2 is 1.77 bits per heavy atom. The number of ketones is 2. The standard InChI is InChI=1S/C19H20FNO5/c1-10-17(12(3)22)11(2)21-18(10)19(24)13(4)26-16(23)9-25-15-7-5-14(20)6-8-15/h5-8,13,21H,9H2,1-4H3/t13-/m1/s1. The van der Waals surface area contributed by atoms with Crippen molar-refractivity contribution in [1.29, 1.82) is 0 Å². The van der Waals surface area contributed by atoms with E-state index in [4.69, 9.17) is 9.47 Å². The molecule has 1 atom stereocenters. The number of aryl methyl sites for hydroxylation is 1. The van der Waals surface area contributed by atoms with Gasteiger partial charge in [0.1, 0.15) is 11.6 Å². The van der Waals surface area contributed by atoms with Crippen LogP contribution in [0.25, 0.3) is 0 Å². The molecule has 0 aliphatic rings. The molecule has 0 amide bonds. The summed E-state index contributed by atoms with van der Waals surface area (Å²) < 4.78 is 23.1. The predicted octanol–water partition coefficient (Wildman–Crippen LogP) is 3.17. The number of aromatic nitrogens is 1. The summed E-state index contributed by atoms with van der Waals surface area (Å²) in [5, 5.41) is 0. The predicted molar refractivity (Wildman–Crippen MR) is 92.1 cm³/mol. The topological polar surface area (TPSA) is 85.5 Å². The second kappa shape index (κ2) is 7.95. The van der Waals surface area contributed by atoms with Gasteiger partial charge in [-0.05, 0) is 57.5 Å². The minimum absolute atomic E-state index is 0.146. The van der Waals surface area contributed by atoms with Crippen molar-refractivity contribution < 1.29 is 28.2 Å². The molecule has 7 heteroatoms. The minimum atomic E-state index is -1.05. The molecule has 0 spiro atoms. The zero-order chi connectivity index (χ0) is 19.4. The van der Waals surface area contributed by atoms with Crippen molar-refractivity contribution >= 4 is 17.5 Å². The van der Waals surface area contributed by atoms with Crippen LogP contribution in [0.5, 0.6) is 5.75 Å². The molecule has 0 radical (unpaired) electrons. The van der Waals surface area contributed by atoms with Gasteiger partial charge in [-0.25, -0.2) is 9.18 Å². The Kier molecular flexibility index (Phi) is 5.92. The number of rotatable bonds is 7. The number of esters is 1.